The molecule has 1 saturated heterocycles. The zero-order valence-electron chi connectivity index (χ0n) is 12.0. The van der Waals surface area contributed by atoms with Crippen LogP contribution in [0.1, 0.15) is 13.0 Å². The molecule has 7 heteroatoms. The van der Waals surface area contributed by atoms with Crippen molar-refractivity contribution in [2.75, 3.05) is 39.8 Å². The SMILES string of the molecule is CC(C(=O)N(C)CC(=O)N1CCNCC1)n1cccn1. The Kier molecular flexibility index (Phi) is 4.73. The summed E-state index contributed by atoms with van der Waals surface area (Å²) in [7, 11) is 1.66. The van der Waals surface area contributed by atoms with Crippen LogP contribution in [-0.2, 0) is 9.59 Å². The zero-order valence-corrected chi connectivity index (χ0v) is 12.0. The molecule has 110 valence electrons. The quantitative estimate of drug-likeness (QED) is 0.794. The summed E-state index contributed by atoms with van der Waals surface area (Å²) in [5, 5.41) is 7.25. The Bertz CT molecular complexity index is 453. The van der Waals surface area contributed by atoms with Crippen molar-refractivity contribution in [2.45, 2.75) is 13.0 Å². The maximum Gasteiger partial charge on any atom is 0.247 e. The van der Waals surface area contributed by atoms with Gasteiger partial charge in [0.25, 0.3) is 0 Å². The molecule has 0 aliphatic carbocycles. The molecule has 2 rings (SSSR count). The summed E-state index contributed by atoms with van der Waals surface area (Å²) in [5.74, 6) is -0.118. The summed E-state index contributed by atoms with van der Waals surface area (Å²) in [6, 6.07) is 1.38. The molecular weight excluding hydrogens is 258 g/mol. The van der Waals surface area contributed by atoms with Gasteiger partial charge in [0, 0.05) is 45.6 Å². The number of amides is 2. The topological polar surface area (TPSA) is 70.5 Å². The van der Waals surface area contributed by atoms with Crippen LogP contribution in [0.5, 0.6) is 0 Å². The van der Waals surface area contributed by atoms with Gasteiger partial charge >= 0.3 is 0 Å². The van der Waals surface area contributed by atoms with Crippen LogP contribution in [0.3, 0.4) is 0 Å². The maximum atomic E-state index is 12.2. The predicted molar refractivity (Wildman–Crippen MR) is 74.0 cm³/mol. The normalized spacial score (nSPS) is 16.8. The molecule has 1 aromatic rings. The Labute approximate surface area is 118 Å². The molecule has 2 heterocycles. The number of likely N-dealkylation sites (N-methyl/N-ethyl adjacent to an activating group) is 1. The van der Waals surface area contributed by atoms with Gasteiger partial charge in [0.05, 0.1) is 6.54 Å². The highest BCUT2D eigenvalue weighted by Gasteiger charge is 2.23. The Hall–Kier alpha value is -1.89. The molecule has 1 aliphatic heterocycles. The van der Waals surface area contributed by atoms with Gasteiger partial charge in [0.15, 0.2) is 0 Å². The summed E-state index contributed by atoms with van der Waals surface area (Å²) in [6.07, 6.45) is 3.38. The standard InChI is InChI=1S/C13H21N5O2/c1-11(18-7-3-4-15-18)13(20)16(2)10-12(19)17-8-5-14-6-9-17/h3-4,7,11,14H,5-6,8-10H2,1-2H3. The molecule has 0 spiro atoms. The van der Waals surface area contributed by atoms with Gasteiger partial charge in [0.2, 0.25) is 11.8 Å². The second kappa shape index (κ2) is 6.51. The first-order valence-corrected chi connectivity index (χ1v) is 6.82. The Morgan fingerprint density at radius 3 is 2.70 bits per heavy atom. The largest absolute Gasteiger partial charge is 0.339 e. The van der Waals surface area contributed by atoms with E-state index in [0.29, 0.717) is 13.1 Å². The number of rotatable bonds is 4. The predicted octanol–water partition coefficient (Wildman–Crippen LogP) is -0.666. The van der Waals surface area contributed by atoms with E-state index in [1.807, 2.05) is 0 Å². The first-order chi connectivity index (χ1) is 9.59. The van der Waals surface area contributed by atoms with E-state index in [4.69, 9.17) is 0 Å². The van der Waals surface area contributed by atoms with Crippen molar-refractivity contribution in [3.8, 4) is 0 Å². The smallest absolute Gasteiger partial charge is 0.247 e. The van der Waals surface area contributed by atoms with Crippen LogP contribution in [0, 0.1) is 0 Å². The highest BCUT2D eigenvalue weighted by atomic mass is 16.2. The van der Waals surface area contributed by atoms with Crippen molar-refractivity contribution in [2.24, 2.45) is 0 Å². The van der Waals surface area contributed by atoms with Crippen molar-refractivity contribution >= 4 is 11.8 Å². The fraction of sp³-hybridized carbons (Fsp3) is 0.615. The molecule has 1 aliphatic rings. The third-order valence-corrected chi connectivity index (χ3v) is 3.50. The van der Waals surface area contributed by atoms with Crippen molar-refractivity contribution in [1.82, 2.24) is 24.9 Å². The fourth-order valence-corrected chi connectivity index (χ4v) is 2.24. The average Bonchev–Trinajstić information content (AvgIpc) is 3.00. The van der Waals surface area contributed by atoms with E-state index in [1.165, 1.54) is 4.90 Å². The summed E-state index contributed by atoms with van der Waals surface area (Å²) in [6.45, 7) is 4.93. The molecule has 2 amide bonds. The van der Waals surface area contributed by atoms with Crippen LogP contribution in [0.15, 0.2) is 18.5 Å². The summed E-state index contributed by atoms with van der Waals surface area (Å²) < 4.78 is 1.59. The van der Waals surface area contributed by atoms with Gasteiger partial charge in [-0.15, -0.1) is 0 Å². The van der Waals surface area contributed by atoms with Crippen LogP contribution in [0.25, 0.3) is 0 Å². The van der Waals surface area contributed by atoms with E-state index in [2.05, 4.69) is 10.4 Å². The van der Waals surface area contributed by atoms with Gasteiger partial charge in [-0.3, -0.25) is 14.3 Å². The molecule has 0 aromatic carbocycles. The number of carbonyl (C=O) groups is 2. The van der Waals surface area contributed by atoms with Crippen LogP contribution in [-0.4, -0.2) is 71.2 Å². The van der Waals surface area contributed by atoms with E-state index in [1.54, 1.807) is 42.0 Å². The monoisotopic (exact) mass is 279 g/mol. The number of nitrogens with one attached hydrogen (secondary N) is 1. The third kappa shape index (κ3) is 3.36. The molecule has 0 bridgehead atoms. The second-order valence-corrected chi connectivity index (χ2v) is 4.99. The van der Waals surface area contributed by atoms with Gasteiger partial charge in [0.1, 0.15) is 6.04 Å². The minimum Gasteiger partial charge on any atom is -0.339 e. The van der Waals surface area contributed by atoms with E-state index in [9.17, 15) is 9.59 Å². The number of piperazine rings is 1. The summed E-state index contributed by atoms with van der Waals surface area (Å²) >= 11 is 0. The van der Waals surface area contributed by atoms with Crippen LogP contribution >= 0.6 is 0 Å². The van der Waals surface area contributed by atoms with Gasteiger partial charge in [-0.05, 0) is 13.0 Å². The minimum absolute atomic E-state index is 0.00462. The van der Waals surface area contributed by atoms with Crippen LogP contribution in [0.2, 0.25) is 0 Å². The van der Waals surface area contributed by atoms with Gasteiger partial charge in [-0.25, -0.2) is 0 Å². The minimum atomic E-state index is -0.397. The molecular formula is C13H21N5O2. The lowest BCUT2D eigenvalue weighted by atomic mass is 10.3. The lowest BCUT2D eigenvalue weighted by molar-refractivity contribution is -0.141. The maximum absolute atomic E-state index is 12.2. The Balaban J connectivity index is 1.88. The van der Waals surface area contributed by atoms with Gasteiger partial charge in [-0.2, -0.15) is 5.10 Å². The number of hydrogen-bond donors (Lipinski definition) is 1. The van der Waals surface area contributed by atoms with E-state index in [0.717, 1.165) is 13.1 Å². The van der Waals surface area contributed by atoms with Crippen molar-refractivity contribution in [3.63, 3.8) is 0 Å². The van der Waals surface area contributed by atoms with E-state index in [-0.39, 0.29) is 18.4 Å². The lowest BCUT2D eigenvalue weighted by Gasteiger charge is -2.29. The Morgan fingerprint density at radius 2 is 2.10 bits per heavy atom. The molecule has 1 fully saturated rings. The number of nitrogens with zero attached hydrogens (tertiary/aromatic N) is 4. The third-order valence-electron chi connectivity index (χ3n) is 3.50. The number of aromatic nitrogens is 2. The number of carbonyl (C=O) groups excluding carboxylic acids is 2. The van der Waals surface area contributed by atoms with E-state index >= 15 is 0 Å². The van der Waals surface area contributed by atoms with E-state index < -0.39 is 6.04 Å². The fourth-order valence-electron chi connectivity index (χ4n) is 2.24. The summed E-state index contributed by atoms with van der Waals surface area (Å²) in [5.41, 5.74) is 0. The van der Waals surface area contributed by atoms with Gasteiger partial charge in [-0.1, -0.05) is 0 Å². The lowest BCUT2D eigenvalue weighted by Crippen LogP contribution is -2.50. The number of hydrogen-bond acceptors (Lipinski definition) is 4. The molecule has 0 radical (unpaired) electrons. The highest BCUT2D eigenvalue weighted by molar-refractivity contribution is 5.86. The average molecular weight is 279 g/mol. The molecule has 1 unspecified atom stereocenters. The molecule has 20 heavy (non-hydrogen) atoms. The second-order valence-electron chi connectivity index (χ2n) is 4.99. The van der Waals surface area contributed by atoms with Crippen molar-refractivity contribution in [1.29, 1.82) is 0 Å². The molecule has 0 saturated carbocycles. The van der Waals surface area contributed by atoms with Crippen LogP contribution < -0.4 is 5.32 Å². The highest BCUT2D eigenvalue weighted by Crippen LogP contribution is 2.07. The molecule has 1 atom stereocenters. The zero-order chi connectivity index (χ0) is 14.5. The van der Waals surface area contributed by atoms with Gasteiger partial charge < -0.3 is 15.1 Å². The first kappa shape index (κ1) is 14.5. The first-order valence-electron chi connectivity index (χ1n) is 6.82. The van der Waals surface area contributed by atoms with Crippen molar-refractivity contribution in [3.05, 3.63) is 18.5 Å². The molecule has 7 nitrogen and oxygen atoms in total. The van der Waals surface area contributed by atoms with Crippen LogP contribution in [0.4, 0.5) is 0 Å². The molecule has 1 aromatic heterocycles. The summed E-state index contributed by atoms with van der Waals surface area (Å²) in [4.78, 5) is 27.6. The Morgan fingerprint density at radius 1 is 1.40 bits per heavy atom. The van der Waals surface area contributed by atoms with Crippen molar-refractivity contribution < 1.29 is 9.59 Å². The molecule has 1 N–H and O–H groups in total.